The molecule has 1 aliphatic rings. The van der Waals surface area contributed by atoms with Crippen LogP contribution in [0.3, 0.4) is 0 Å². The lowest BCUT2D eigenvalue weighted by molar-refractivity contribution is -0.125. The summed E-state index contributed by atoms with van der Waals surface area (Å²) in [6.07, 6.45) is -0.716. The number of nitrogens with one attached hydrogen (secondary N) is 1. The predicted octanol–water partition coefficient (Wildman–Crippen LogP) is 3.11. The summed E-state index contributed by atoms with van der Waals surface area (Å²) in [5, 5.41) is 6.29. The fourth-order valence-electron chi connectivity index (χ4n) is 2.51. The zero-order chi connectivity index (χ0) is 18.7. The number of hydrogen-bond acceptors (Lipinski definition) is 5. The monoisotopic (exact) mass is 362 g/mol. The van der Waals surface area contributed by atoms with Gasteiger partial charge in [-0.15, -0.1) is 0 Å². The molecule has 0 fully saturated rings. The number of benzene rings is 2. The van der Waals surface area contributed by atoms with Crippen molar-refractivity contribution in [3.05, 3.63) is 53.6 Å². The van der Waals surface area contributed by atoms with Crippen molar-refractivity contribution in [1.29, 1.82) is 0 Å². The number of ether oxygens (including phenoxy) is 2. The second-order valence-corrected chi connectivity index (χ2v) is 5.52. The lowest BCUT2D eigenvalue weighted by Gasteiger charge is -2.11. The molecule has 0 saturated carbocycles. The predicted molar refractivity (Wildman–Crippen MR) is 90.6 cm³/mol. The SMILES string of the molecule is COc1ccc(C2=NO[C@H](C(=O)Nc3ccc(F)cc3F)C2)cc1OC. The van der Waals surface area contributed by atoms with Gasteiger partial charge in [0.15, 0.2) is 11.5 Å². The van der Waals surface area contributed by atoms with Crippen LogP contribution >= 0.6 is 0 Å². The highest BCUT2D eigenvalue weighted by molar-refractivity contribution is 6.06. The number of oxime groups is 1. The third-order valence-electron chi connectivity index (χ3n) is 3.87. The van der Waals surface area contributed by atoms with Crippen molar-refractivity contribution in [2.45, 2.75) is 12.5 Å². The molecule has 6 nitrogen and oxygen atoms in total. The van der Waals surface area contributed by atoms with Crippen LogP contribution in [0.5, 0.6) is 11.5 Å². The molecular formula is C18H16F2N2O4. The number of nitrogens with zero attached hydrogens (tertiary/aromatic N) is 1. The molecule has 0 bridgehead atoms. The van der Waals surface area contributed by atoms with Crippen LogP contribution in [-0.2, 0) is 9.63 Å². The molecule has 0 aromatic heterocycles. The molecule has 0 unspecified atom stereocenters. The Morgan fingerprint density at radius 3 is 2.62 bits per heavy atom. The molecule has 1 amide bonds. The number of hydrogen-bond donors (Lipinski definition) is 1. The van der Waals surface area contributed by atoms with Crippen LogP contribution in [0.4, 0.5) is 14.5 Å². The van der Waals surface area contributed by atoms with Gasteiger partial charge in [-0.25, -0.2) is 8.78 Å². The van der Waals surface area contributed by atoms with E-state index in [1.807, 2.05) is 0 Å². The Bertz CT molecular complexity index is 870. The van der Waals surface area contributed by atoms with Gasteiger partial charge in [0, 0.05) is 18.1 Å². The van der Waals surface area contributed by atoms with Gasteiger partial charge in [0.2, 0.25) is 6.10 Å². The normalized spacial score (nSPS) is 15.8. The molecular weight excluding hydrogens is 346 g/mol. The van der Waals surface area contributed by atoms with Crippen LogP contribution in [0.15, 0.2) is 41.6 Å². The minimum atomic E-state index is -0.914. The van der Waals surface area contributed by atoms with Gasteiger partial charge in [0.1, 0.15) is 11.6 Å². The summed E-state index contributed by atoms with van der Waals surface area (Å²) < 4.78 is 37.0. The second-order valence-electron chi connectivity index (χ2n) is 5.52. The molecule has 1 aliphatic heterocycles. The summed E-state index contributed by atoms with van der Waals surface area (Å²) in [6.45, 7) is 0. The summed E-state index contributed by atoms with van der Waals surface area (Å²) in [7, 11) is 3.05. The van der Waals surface area contributed by atoms with Crippen LogP contribution < -0.4 is 14.8 Å². The number of amides is 1. The maximum absolute atomic E-state index is 13.6. The topological polar surface area (TPSA) is 69.2 Å². The van der Waals surface area contributed by atoms with E-state index in [1.165, 1.54) is 14.2 Å². The maximum atomic E-state index is 13.6. The fourth-order valence-corrected chi connectivity index (χ4v) is 2.51. The average Bonchev–Trinajstić information content (AvgIpc) is 3.13. The minimum Gasteiger partial charge on any atom is -0.493 e. The van der Waals surface area contributed by atoms with Crippen LogP contribution in [0.2, 0.25) is 0 Å². The number of carbonyl (C=O) groups is 1. The summed E-state index contributed by atoms with van der Waals surface area (Å²) in [4.78, 5) is 17.4. The Morgan fingerprint density at radius 1 is 1.15 bits per heavy atom. The number of rotatable bonds is 5. The fraction of sp³-hybridized carbons (Fsp3) is 0.222. The molecule has 3 rings (SSSR count). The maximum Gasteiger partial charge on any atom is 0.268 e. The van der Waals surface area contributed by atoms with E-state index < -0.39 is 23.6 Å². The first-order valence-electron chi connectivity index (χ1n) is 7.73. The van der Waals surface area contributed by atoms with Gasteiger partial charge in [-0.3, -0.25) is 4.79 Å². The zero-order valence-electron chi connectivity index (χ0n) is 14.1. The molecule has 1 atom stereocenters. The van der Waals surface area contributed by atoms with E-state index in [4.69, 9.17) is 14.3 Å². The first-order chi connectivity index (χ1) is 12.5. The second kappa shape index (κ2) is 7.38. The highest BCUT2D eigenvalue weighted by Gasteiger charge is 2.30. The average molecular weight is 362 g/mol. The Hall–Kier alpha value is -3.16. The Labute approximate surface area is 148 Å². The van der Waals surface area contributed by atoms with Crippen molar-refractivity contribution >= 4 is 17.3 Å². The van der Waals surface area contributed by atoms with Gasteiger partial charge in [0.05, 0.1) is 25.6 Å². The highest BCUT2D eigenvalue weighted by atomic mass is 19.1. The summed E-state index contributed by atoms with van der Waals surface area (Å²) in [6, 6.07) is 8.10. The molecule has 0 aliphatic carbocycles. The van der Waals surface area contributed by atoms with Crippen LogP contribution in [-0.4, -0.2) is 31.9 Å². The molecule has 8 heteroatoms. The van der Waals surface area contributed by atoms with E-state index in [1.54, 1.807) is 18.2 Å². The van der Waals surface area contributed by atoms with Gasteiger partial charge < -0.3 is 19.6 Å². The zero-order valence-corrected chi connectivity index (χ0v) is 14.1. The van der Waals surface area contributed by atoms with Gasteiger partial charge in [-0.05, 0) is 30.3 Å². The largest absolute Gasteiger partial charge is 0.493 e. The molecule has 2 aromatic rings. The van der Waals surface area contributed by atoms with E-state index in [0.717, 1.165) is 12.1 Å². The van der Waals surface area contributed by atoms with Gasteiger partial charge in [0.25, 0.3) is 5.91 Å². The van der Waals surface area contributed by atoms with E-state index >= 15 is 0 Å². The lowest BCUT2D eigenvalue weighted by Crippen LogP contribution is -2.28. The molecule has 136 valence electrons. The van der Waals surface area contributed by atoms with Crippen molar-refractivity contribution in [2.75, 3.05) is 19.5 Å². The molecule has 1 N–H and O–H groups in total. The number of anilines is 1. The third kappa shape index (κ3) is 3.58. The van der Waals surface area contributed by atoms with Crippen molar-refractivity contribution in [1.82, 2.24) is 0 Å². The van der Waals surface area contributed by atoms with Gasteiger partial charge in [-0.1, -0.05) is 5.16 Å². The van der Waals surface area contributed by atoms with E-state index in [9.17, 15) is 13.6 Å². The van der Waals surface area contributed by atoms with Gasteiger partial charge >= 0.3 is 0 Å². The molecule has 1 heterocycles. The molecule has 2 aromatic carbocycles. The Balaban J connectivity index is 1.68. The van der Waals surface area contributed by atoms with Crippen molar-refractivity contribution in [3.63, 3.8) is 0 Å². The van der Waals surface area contributed by atoms with Crippen molar-refractivity contribution < 1.29 is 27.9 Å². The number of halogens is 2. The Kier molecular flexibility index (Phi) is 5.01. The van der Waals surface area contributed by atoms with Crippen LogP contribution in [0, 0.1) is 11.6 Å². The number of carbonyl (C=O) groups excluding carboxylic acids is 1. The molecule has 0 spiro atoms. The first-order valence-corrected chi connectivity index (χ1v) is 7.73. The Morgan fingerprint density at radius 2 is 1.92 bits per heavy atom. The molecule has 26 heavy (non-hydrogen) atoms. The van der Waals surface area contributed by atoms with Crippen LogP contribution in [0.1, 0.15) is 12.0 Å². The van der Waals surface area contributed by atoms with E-state index in [-0.39, 0.29) is 12.1 Å². The van der Waals surface area contributed by atoms with E-state index in [0.29, 0.717) is 28.8 Å². The van der Waals surface area contributed by atoms with E-state index in [2.05, 4.69) is 10.5 Å². The lowest BCUT2D eigenvalue weighted by atomic mass is 10.0. The molecule has 0 radical (unpaired) electrons. The minimum absolute atomic E-state index is 0.125. The number of methoxy groups -OCH3 is 2. The summed E-state index contributed by atoms with van der Waals surface area (Å²) in [5.74, 6) is -1.07. The quantitative estimate of drug-likeness (QED) is 0.887. The summed E-state index contributed by atoms with van der Waals surface area (Å²) in [5.41, 5.74) is 1.14. The van der Waals surface area contributed by atoms with Crippen LogP contribution in [0.25, 0.3) is 0 Å². The van der Waals surface area contributed by atoms with Crippen molar-refractivity contribution in [3.8, 4) is 11.5 Å². The summed E-state index contributed by atoms with van der Waals surface area (Å²) >= 11 is 0. The standard InChI is InChI=1S/C18H16F2N2O4/c1-24-15-6-3-10(7-16(15)25-2)14-9-17(26-22-14)18(23)21-13-5-4-11(19)8-12(13)20/h3-8,17H,9H2,1-2H3,(H,21,23)/t17-/m0/s1. The van der Waals surface area contributed by atoms with Gasteiger partial charge in [-0.2, -0.15) is 0 Å². The first kappa shape index (κ1) is 17.7. The third-order valence-corrected chi connectivity index (χ3v) is 3.87. The molecule has 0 saturated heterocycles. The smallest absolute Gasteiger partial charge is 0.268 e. The highest BCUT2D eigenvalue weighted by Crippen LogP contribution is 2.29. The van der Waals surface area contributed by atoms with Crippen molar-refractivity contribution in [2.24, 2.45) is 5.16 Å².